The van der Waals surface area contributed by atoms with Crippen molar-refractivity contribution in [3.63, 3.8) is 0 Å². The van der Waals surface area contributed by atoms with E-state index in [1.165, 1.54) is 75.3 Å². The molecule has 0 saturated carbocycles. The Bertz CT molecular complexity index is 1510. The number of benzene rings is 3. The maximum atomic E-state index is 11.1. The fourth-order valence-corrected chi connectivity index (χ4v) is 6.16. The summed E-state index contributed by atoms with van der Waals surface area (Å²) in [5, 5.41) is 21.5. The Balaban J connectivity index is 1.31. The lowest BCUT2D eigenvalue weighted by Crippen LogP contribution is -2.23. The number of phenolic OH excluding ortho intramolecular Hbond substituents is 1. The van der Waals surface area contributed by atoms with E-state index in [-0.39, 0.29) is 19.0 Å². The number of aliphatic hydroxyl groups is 1. The molecule has 6 heteroatoms. The second-order valence-electron chi connectivity index (χ2n) is 13.4. The van der Waals surface area contributed by atoms with Crippen molar-refractivity contribution in [1.82, 2.24) is 9.97 Å². The molecule has 0 amide bonds. The van der Waals surface area contributed by atoms with Crippen molar-refractivity contribution in [3.05, 3.63) is 82.9 Å². The average molecular weight is 653 g/mol. The lowest BCUT2D eigenvalue weighted by atomic mass is 10.00. The number of hydrogen-bond acceptors (Lipinski definition) is 6. The minimum Gasteiger partial charge on any atom is -0.507 e. The molecule has 258 valence electrons. The Labute approximate surface area is 288 Å². The zero-order valence-corrected chi connectivity index (χ0v) is 29.9. The molecule has 0 aliphatic rings. The van der Waals surface area contributed by atoms with Gasteiger partial charge in [0.05, 0.1) is 18.0 Å². The number of phenols is 1. The summed E-state index contributed by atoms with van der Waals surface area (Å²) in [5.74, 6) is 1.13. The molecule has 0 aliphatic carbocycles. The number of aryl methyl sites for hydroxylation is 4. The quantitative estimate of drug-likeness (QED) is 0.0924. The molecule has 0 saturated heterocycles. The van der Waals surface area contributed by atoms with E-state index < -0.39 is 6.10 Å². The van der Waals surface area contributed by atoms with Crippen molar-refractivity contribution in [3.8, 4) is 45.4 Å². The first kappa shape index (κ1) is 37.1. The first-order chi connectivity index (χ1) is 23.2. The van der Waals surface area contributed by atoms with Crippen molar-refractivity contribution in [1.29, 1.82) is 0 Å². The summed E-state index contributed by atoms with van der Waals surface area (Å²) in [6.45, 7) is 11.5. The molecule has 2 N–H and O–H groups in total. The van der Waals surface area contributed by atoms with E-state index in [2.05, 4.69) is 71.0 Å². The van der Waals surface area contributed by atoms with Gasteiger partial charge in [-0.05, 0) is 63.4 Å². The molecular weight excluding hydrogens is 596 g/mol. The van der Waals surface area contributed by atoms with Crippen molar-refractivity contribution >= 4 is 0 Å². The number of hydrogen-bond donors (Lipinski definition) is 2. The molecule has 1 heterocycles. The summed E-state index contributed by atoms with van der Waals surface area (Å²) in [5.41, 5.74) is 8.55. The number of rotatable bonds is 20. The summed E-state index contributed by atoms with van der Waals surface area (Å²) >= 11 is 0. The standard InChI is InChI=1S/C42H56N2O4/c1-6-7-8-9-10-11-12-13-14-15-16-23-47-28-34(45)29-48-35-19-22-38(41(46)26-35)40-27-39(36-20-17-30(2)24-32(36)4)43-42(44-40)37-21-18-31(3)25-33(37)5/h17-22,24-27,34,45-46H,6-16,23,28-29H2,1-5H3. The smallest absolute Gasteiger partial charge is 0.160 e. The Hall–Kier alpha value is -3.74. The number of aromatic nitrogens is 2. The molecule has 3 aromatic carbocycles. The summed E-state index contributed by atoms with van der Waals surface area (Å²) in [6, 6.07) is 19.7. The van der Waals surface area contributed by atoms with E-state index in [4.69, 9.17) is 19.4 Å². The van der Waals surface area contributed by atoms with Crippen LogP contribution >= 0.6 is 0 Å². The molecule has 1 aromatic heterocycles. The number of nitrogens with zero attached hydrogens (tertiary/aromatic N) is 2. The number of unbranched alkanes of at least 4 members (excludes halogenated alkanes) is 10. The largest absolute Gasteiger partial charge is 0.507 e. The first-order valence-electron chi connectivity index (χ1n) is 18.0. The highest BCUT2D eigenvalue weighted by Gasteiger charge is 2.16. The van der Waals surface area contributed by atoms with Gasteiger partial charge in [0.1, 0.15) is 24.2 Å². The van der Waals surface area contributed by atoms with E-state index in [1.54, 1.807) is 18.2 Å². The van der Waals surface area contributed by atoms with Crippen LogP contribution in [0.2, 0.25) is 0 Å². The molecule has 0 bridgehead atoms. The maximum absolute atomic E-state index is 11.1. The first-order valence-corrected chi connectivity index (χ1v) is 18.0. The van der Waals surface area contributed by atoms with Crippen LogP contribution in [0.3, 0.4) is 0 Å². The SMILES string of the molecule is CCCCCCCCCCCCCOCC(O)COc1ccc(-c2cc(-c3ccc(C)cc3C)nc(-c3ccc(C)cc3C)n2)c(O)c1. The number of aromatic hydroxyl groups is 1. The van der Waals surface area contributed by atoms with Crippen LogP contribution in [0.15, 0.2) is 60.7 Å². The average Bonchev–Trinajstić information content (AvgIpc) is 3.05. The predicted octanol–water partition coefficient (Wildman–Crippen LogP) is 10.5. The predicted molar refractivity (Wildman–Crippen MR) is 198 cm³/mol. The normalized spacial score (nSPS) is 12.0. The number of aliphatic hydroxyl groups excluding tert-OH is 1. The van der Waals surface area contributed by atoms with Crippen molar-refractivity contribution in [2.24, 2.45) is 0 Å². The van der Waals surface area contributed by atoms with Crippen molar-refractivity contribution in [2.75, 3.05) is 19.8 Å². The lowest BCUT2D eigenvalue weighted by Gasteiger charge is -2.15. The summed E-state index contributed by atoms with van der Waals surface area (Å²) in [6.07, 6.45) is 13.5. The van der Waals surface area contributed by atoms with Crippen LogP contribution in [0.4, 0.5) is 0 Å². The lowest BCUT2D eigenvalue weighted by molar-refractivity contribution is 0.0109. The van der Waals surface area contributed by atoms with Gasteiger partial charge in [0.2, 0.25) is 0 Å². The Morgan fingerprint density at radius 3 is 1.73 bits per heavy atom. The van der Waals surface area contributed by atoms with E-state index in [0.29, 0.717) is 29.4 Å². The van der Waals surface area contributed by atoms with Gasteiger partial charge in [-0.25, -0.2) is 9.97 Å². The highest BCUT2D eigenvalue weighted by molar-refractivity contribution is 5.76. The van der Waals surface area contributed by atoms with Crippen molar-refractivity contribution in [2.45, 2.75) is 111 Å². The van der Waals surface area contributed by atoms with Crippen LogP contribution in [-0.4, -0.2) is 46.1 Å². The molecule has 0 aliphatic heterocycles. The molecule has 0 spiro atoms. The highest BCUT2D eigenvalue weighted by Crippen LogP contribution is 2.36. The van der Waals surface area contributed by atoms with Crippen molar-refractivity contribution < 1.29 is 19.7 Å². The zero-order valence-electron chi connectivity index (χ0n) is 29.9. The number of ether oxygens (including phenoxy) is 2. The summed E-state index contributed by atoms with van der Waals surface area (Å²) in [4.78, 5) is 9.90. The summed E-state index contributed by atoms with van der Waals surface area (Å²) in [7, 11) is 0. The van der Waals surface area contributed by atoms with E-state index in [9.17, 15) is 10.2 Å². The Kier molecular flexibility index (Phi) is 14.9. The zero-order chi connectivity index (χ0) is 34.3. The van der Waals surface area contributed by atoms with Gasteiger partial charge >= 0.3 is 0 Å². The second kappa shape index (κ2) is 19.3. The van der Waals surface area contributed by atoms with Gasteiger partial charge in [-0.1, -0.05) is 119 Å². The molecule has 4 rings (SSSR count). The third kappa shape index (κ3) is 11.5. The van der Waals surface area contributed by atoms with Gasteiger partial charge in [0.25, 0.3) is 0 Å². The molecule has 4 aromatic rings. The second-order valence-corrected chi connectivity index (χ2v) is 13.4. The molecule has 1 unspecified atom stereocenters. The van der Waals surface area contributed by atoms with Crippen LogP contribution in [0.25, 0.3) is 33.9 Å². The maximum Gasteiger partial charge on any atom is 0.160 e. The van der Waals surface area contributed by atoms with Gasteiger partial charge in [0.15, 0.2) is 5.82 Å². The molecule has 0 fully saturated rings. The van der Waals surface area contributed by atoms with Crippen LogP contribution in [0, 0.1) is 27.7 Å². The van der Waals surface area contributed by atoms with Crippen LogP contribution in [0.1, 0.15) is 99.8 Å². The van der Waals surface area contributed by atoms with Crippen LogP contribution in [-0.2, 0) is 4.74 Å². The minimum atomic E-state index is -0.748. The topological polar surface area (TPSA) is 84.7 Å². The van der Waals surface area contributed by atoms with Gasteiger partial charge < -0.3 is 19.7 Å². The van der Waals surface area contributed by atoms with E-state index in [1.807, 2.05) is 6.07 Å². The van der Waals surface area contributed by atoms with E-state index in [0.717, 1.165) is 34.4 Å². The molecule has 48 heavy (non-hydrogen) atoms. The molecule has 1 atom stereocenters. The van der Waals surface area contributed by atoms with Crippen LogP contribution in [0.5, 0.6) is 11.5 Å². The summed E-state index contributed by atoms with van der Waals surface area (Å²) < 4.78 is 11.5. The highest BCUT2D eigenvalue weighted by atomic mass is 16.5. The minimum absolute atomic E-state index is 0.0478. The van der Waals surface area contributed by atoms with Gasteiger partial charge in [0, 0.05) is 29.4 Å². The third-order valence-corrected chi connectivity index (χ3v) is 8.90. The molecular formula is C42H56N2O4. The monoisotopic (exact) mass is 652 g/mol. The molecule has 6 nitrogen and oxygen atoms in total. The fourth-order valence-electron chi connectivity index (χ4n) is 6.16. The Morgan fingerprint density at radius 1 is 0.604 bits per heavy atom. The van der Waals surface area contributed by atoms with Crippen LogP contribution < -0.4 is 4.74 Å². The van der Waals surface area contributed by atoms with Gasteiger partial charge in [-0.2, -0.15) is 0 Å². The fraction of sp³-hybridized carbons (Fsp3) is 0.476. The van der Waals surface area contributed by atoms with Gasteiger partial charge in [-0.3, -0.25) is 0 Å². The van der Waals surface area contributed by atoms with E-state index >= 15 is 0 Å². The molecule has 0 radical (unpaired) electrons. The van der Waals surface area contributed by atoms with Gasteiger partial charge in [-0.15, -0.1) is 0 Å². The Morgan fingerprint density at radius 2 is 1.15 bits per heavy atom. The third-order valence-electron chi connectivity index (χ3n) is 8.90.